The number of imidazole rings is 1. The summed E-state index contributed by atoms with van der Waals surface area (Å²) in [5, 5.41) is 2.77. The van der Waals surface area contributed by atoms with Crippen LogP contribution in [-0.2, 0) is 14.3 Å². The van der Waals surface area contributed by atoms with Crippen molar-refractivity contribution < 1.29 is 23.8 Å². The third-order valence-electron chi connectivity index (χ3n) is 5.73. The number of nitrogens with zero attached hydrogens (tertiary/aromatic N) is 2. The summed E-state index contributed by atoms with van der Waals surface area (Å²) in [6, 6.07) is 12.4. The number of benzene rings is 2. The van der Waals surface area contributed by atoms with Crippen LogP contribution in [0.4, 0.5) is 5.95 Å². The molecule has 1 amide bonds. The van der Waals surface area contributed by atoms with Gasteiger partial charge in [-0.15, -0.1) is 0 Å². The maximum Gasteiger partial charge on any atom is 0.321 e. The van der Waals surface area contributed by atoms with Crippen molar-refractivity contribution in [2.75, 3.05) is 25.6 Å². The molecule has 3 aromatic rings. The van der Waals surface area contributed by atoms with E-state index in [9.17, 15) is 9.59 Å². The number of nitrogens with one attached hydrogen (secondary N) is 1. The van der Waals surface area contributed by atoms with Crippen molar-refractivity contribution in [3.8, 4) is 11.5 Å². The fourth-order valence-corrected chi connectivity index (χ4v) is 4.10. The van der Waals surface area contributed by atoms with Crippen LogP contribution in [0.5, 0.6) is 11.5 Å². The largest absolute Gasteiger partial charge is 0.493 e. The van der Waals surface area contributed by atoms with Gasteiger partial charge in [-0.2, -0.15) is 0 Å². The van der Waals surface area contributed by atoms with Crippen LogP contribution in [-0.4, -0.2) is 41.8 Å². The normalized spacial score (nSPS) is 17.5. The van der Waals surface area contributed by atoms with Gasteiger partial charge in [-0.25, -0.2) is 4.98 Å². The Morgan fingerprint density at radius 2 is 1.97 bits per heavy atom. The number of esters is 1. The lowest BCUT2D eigenvalue weighted by atomic mass is 9.90. The molecule has 33 heavy (non-hydrogen) atoms. The van der Waals surface area contributed by atoms with E-state index in [1.807, 2.05) is 47.0 Å². The Kier molecular flexibility index (Phi) is 6.53. The third kappa shape index (κ3) is 4.37. The van der Waals surface area contributed by atoms with E-state index in [-0.39, 0.29) is 6.61 Å². The van der Waals surface area contributed by atoms with Crippen LogP contribution in [0.3, 0.4) is 0 Å². The van der Waals surface area contributed by atoms with Crippen molar-refractivity contribution in [3.63, 3.8) is 0 Å². The van der Waals surface area contributed by atoms with E-state index in [1.165, 1.54) is 0 Å². The SMILES string of the molecule is CCOC(=O)C1C(=O)Nc2nc3ccccc3n2C1c1ccc(OCCC(C)C)c(OC)c1. The van der Waals surface area contributed by atoms with Crippen LogP contribution >= 0.6 is 0 Å². The Bertz CT molecular complexity index is 1170. The lowest BCUT2D eigenvalue weighted by Gasteiger charge is -2.32. The van der Waals surface area contributed by atoms with Gasteiger partial charge in [0.15, 0.2) is 17.4 Å². The van der Waals surface area contributed by atoms with Crippen LogP contribution in [0.15, 0.2) is 42.5 Å². The summed E-state index contributed by atoms with van der Waals surface area (Å²) in [7, 11) is 1.57. The number of amides is 1. The Labute approximate surface area is 192 Å². The second kappa shape index (κ2) is 9.52. The molecular weight excluding hydrogens is 422 g/mol. The smallest absolute Gasteiger partial charge is 0.321 e. The quantitative estimate of drug-likeness (QED) is 0.408. The van der Waals surface area contributed by atoms with Crippen LogP contribution in [0.25, 0.3) is 11.0 Å². The number of ether oxygens (including phenoxy) is 3. The summed E-state index contributed by atoms with van der Waals surface area (Å²) in [4.78, 5) is 30.5. The molecule has 0 saturated heterocycles. The highest BCUT2D eigenvalue weighted by Gasteiger charge is 2.44. The van der Waals surface area contributed by atoms with Gasteiger partial charge in [-0.1, -0.05) is 32.0 Å². The molecule has 1 aliphatic heterocycles. The third-order valence-corrected chi connectivity index (χ3v) is 5.73. The first-order chi connectivity index (χ1) is 15.9. The zero-order valence-corrected chi connectivity index (χ0v) is 19.3. The molecule has 4 rings (SSSR count). The Morgan fingerprint density at radius 3 is 2.70 bits per heavy atom. The monoisotopic (exact) mass is 451 g/mol. The van der Waals surface area contributed by atoms with Crippen molar-refractivity contribution in [2.45, 2.75) is 33.2 Å². The molecule has 0 bridgehead atoms. The van der Waals surface area contributed by atoms with Gasteiger partial charge in [-0.3, -0.25) is 14.9 Å². The van der Waals surface area contributed by atoms with E-state index in [4.69, 9.17) is 14.2 Å². The molecule has 2 unspecified atom stereocenters. The van der Waals surface area contributed by atoms with Crippen LogP contribution in [0, 0.1) is 11.8 Å². The molecule has 2 atom stereocenters. The van der Waals surface area contributed by atoms with E-state index in [0.29, 0.717) is 30.0 Å². The number of hydrogen-bond acceptors (Lipinski definition) is 6. The Morgan fingerprint density at radius 1 is 1.18 bits per heavy atom. The minimum Gasteiger partial charge on any atom is -0.493 e. The Balaban J connectivity index is 1.82. The number of anilines is 1. The molecular formula is C25H29N3O5. The number of carbonyl (C=O) groups is 2. The predicted molar refractivity (Wildman–Crippen MR) is 125 cm³/mol. The Hall–Kier alpha value is -3.55. The topological polar surface area (TPSA) is 91.7 Å². The number of rotatable bonds is 8. The lowest BCUT2D eigenvalue weighted by Crippen LogP contribution is -2.43. The van der Waals surface area contributed by atoms with Crippen molar-refractivity contribution in [3.05, 3.63) is 48.0 Å². The molecule has 0 radical (unpaired) electrons. The first-order valence-corrected chi connectivity index (χ1v) is 11.2. The molecule has 0 fully saturated rings. The van der Waals surface area contributed by atoms with Gasteiger partial charge < -0.3 is 18.8 Å². The second-order valence-corrected chi connectivity index (χ2v) is 8.40. The summed E-state index contributed by atoms with van der Waals surface area (Å²) >= 11 is 0. The second-order valence-electron chi connectivity index (χ2n) is 8.40. The maximum absolute atomic E-state index is 13.0. The summed E-state index contributed by atoms with van der Waals surface area (Å²) in [6.07, 6.45) is 0.920. The lowest BCUT2D eigenvalue weighted by molar-refractivity contribution is -0.152. The van der Waals surface area contributed by atoms with Gasteiger partial charge in [0.1, 0.15) is 0 Å². The molecule has 2 heterocycles. The zero-order chi connectivity index (χ0) is 23.5. The van der Waals surface area contributed by atoms with E-state index in [1.54, 1.807) is 14.0 Å². The van der Waals surface area contributed by atoms with Crippen molar-refractivity contribution in [1.29, 1.82) is 0 Å². The molecule has 8 heteroatoms. The number of fused-ring (bicyclic) bond motifs is 3. The molecule has 2 aromatic carbocycles. The van der Waals surface area contributed by atoms with Gasteiger partial charge in [0.2, 0.25) is 11.9 Å². The van der Waals surface area contributed by atoms with Crippen molar-refractivity contribution in [2.24, 2.45) is 11.8 Å². The predicted octanol–water partition coefficient (Wildman–Crippen LogP) is 4.19. The molecule has 1 N–H and O–H groups in total. The van der Waals surface area contributed by atoms with E-state index in [2.05, 4.69) is 24.1 Å². The number of aromatic nitrogens is 2. The van der Waals surface area contributed by atoms with Crippen LogP contribution in [0.2, 0.25) is 0 Å². The van der Waals surface area contributed by atoms with Gasteiger partial charge in [0.25, 0.3) is 0 Å². The van der Waals surface area contributed by atoms with E-state index < -0.39 is 23.8 Å². The number of carbonyl (C=O) groups excluding carboxylic acids is 2. The summed E-state index contributed by atoms with van der Waals surface area (Å²) < 4.78 is 18.7. The molecule has 1 aliphatic rings. The highest BCUT2D eigenvalue weighted by molar-refractivity contribution is 6.07. The average Bonchev–Trinajstić information content (AvgIpc) is 3.16. The fourth-order valence-electron chi connectivity index (χ4n) is 4.10. The zero-order valence-electron chi connectivity index (χ0n) is 19.3. The minimum atomic E-state index is -1.08. The first-order valence-electron chi connectivity index (χ1n) is 11.2. The average molecular weight is 452 g/mol. The summed E-state index contributed by atoms with van der Waals surface area (Å²) in [5.74, 6) is -0.0386. The van der Waals surface area contributed by atoms with Crippen molar-refractivity contribution in [1.82, 2.24) is 9.55 Å². The summed E-state index contributed by atoms with van der Waals surface area (Å²) in [5.41, 5.74) is 2.26. The molecule has 8 nitrogen and oxygen atoms in total. The van der Waals surface area contributed by atoms with Gasteiger partial charge in [-0.05, 0) is 49.1 Å². The van der Waals surface area contributed by atoms with Gasteiger partial charge >= 0.3 is 5.97 Å². The maximum atomic E-state index is 13.0. The van der Waals surface area contributed by atoms with Gasteiger partial charge in [0, 0.05) is 0 Å². The standard InChI is InChI=1S/C25H29N3O5/c1-5-32-24(30)21-22(16-10-11-19(20(14-16)31-4)33-13-12-15(2)3)28-18-9-7-6-8-17(18)26-25(28)27-23(21)29/h6-11,14-15,21-22H,5,12-13H2,1-4H3,(H,26,27,29). The molecule has 1 aromatic heterocycles. The number of para-hydroxylation sites is 2. The van der Waals surface area contributed by atoms with E-state index >= 15 is 0 Å². The summed E-state index contributed by atoms with van der Waals surface area (Å²) in [6.45, 7) is 6.75. The van der Waals surface area contributed by atoms with E-state index in [0.717, 1.165) is 23.0 Å². The fraction of sp³-hybridized carbons (Fsp3) is 0.400. The molecule has 0 saturated carbocycles. The van der Waals surface area contributed by atoms with Gasteiger partial charge in [0.05, 0.1) is 37.4 Å². The first kappa shape index (κ1) is 22.6. The van der Waals surface area contributed by atoms with Crippen molar-refractivity contribution >= 4 is 28.9 Å². The number of hydrogen-bond donors (Lipinski definition) is 1. The minimum absolute atomic E-state index is 0.179. The highest BCUT2D eigenvalue weighted by Crippen LogP contribution is 2.41. The highest BCUT2D eigenvalue weighted by atomic mass is 16.5. The molecule has 0 aliphatic carbocycles. The number of methoxy groups -OCH3 is 1. The molecule has 0 spiro atoms. The van der Waals surface area contributed by atoms with Crippen LogP contribution in [0.1, 0.15) is 38.8 Å². The molecule has 174 valence electrons. The van der Waals surface area contributed by atoms with Crippen LogP contribution < -0.4 is 14.8 Å².